The van der Waals surface area contributed by atoms with Gasteiger partial charge >= 0.3 is 5.97 Å². The molecule has 3 atom stereocenters. The van der Waals surface area contributed by atoms with E-state index in [1.54, 1.807) is 32.2 Å². The first-order chi connectivity index (χ1) is 9.40. The Balaban J connectivity index is 2.90. The number of aliphatic hydroxyl groups is 1. The first kappa shape index (κ1) is 16.3. The molecule has 0 spiro atoms. The van der Waals surface area contributed by atoms with Crippen LogP contribution in [-0.4, -0.2) is 42.5 Å². The molecule has 1 aromatic rings. The SMILES string of the molecule is COc1ccc(C(O)C(C)NC(C)C(=O)O)c(OC)c1. The largest absolute Gasteiger partial charge is 0.497 e. The van der Waals surface area contributed by atoms with Gasteiger partial charge in [0.2, 0.25) is 0 Å². The van der Waals surface area contributed by atoms with E-state index in [0.717, 1.165) is 0 Å². The average molecular weight is 283 g/mol. The maximum atomic E-state index is 10.8. The number of nitrogens with one attached hydrogen (secondary N) is 1. The van der Waals surface area contributed by atoms with E-state index in [1.165, 1.54) is 14.0 Å². The van der Waals surface area contributed by atoms with E-state index in [-0.39, 0.29) is 0 Å². The molecule has 1 aromatic carbocycles. The maximum absolute atomic E-state index is 10.8. The fraction of sp³-hybridized carbons (Fsp3) is 0.500. The van der Waals surface area contributed by atoms with E-state index >= 15 is 0 Å². The van der Waals surface area contributed by atoms with Crippen LogP contribution in [0.3, 0.4) is 0 Å². The molecular formula is C14H21NO5. The summed E-state index contributed by atoms with van der Waals surface area (Å²) in [6.07, 6.45) is -0.891. The molecule has 0 heterocycles. The summed E-state index contributed by atoms with van der Waals surface area (Å²) in [7, 11) is 3.05. The van der Waals surface area contributed by atoms with E-state index < -0.39 is 24.2 Å². The number of aliphatic carboxylic acids is 1. The number of benzene rings is 1. The lowest BCUT2D eigenvalue weighted by Gasteiger charge is -2.24. The predicted octanol–water partition coefficient (Wildman–Crippen LogP) is 1.19. The molecule has 6 heteroatoms. The molecule has 20 heavy (non-hydrogen) atoms. The lowest BCUT2D eigenvalue weighted by atomic mass is 10.0. The van der Waals surface area contributed by atoms with Crippen LogP contribution < -0.4 is 14.8 Å². The van der Waals surface area contributed by atoms with Gasteiger partial charge in [0.15, 0.2) is 0 Å². The summed E-state index contributed by atoms with van der Waals surface area (Å²) in [6.45, 7) is 3.24. The van der Waals surface area contributed by atoms with Crippen LogP contribution in [0.1, 0.15) is 25.5 Å². The fourth-order valence-electron chi connectivity index (χ4n) is 1.89. The molecule has 6 nitrogen and oxygen atoms in total. The standard InChI is InChI=1S/C14H21NO5/c1-8(15-9(2)14(17)18)13(16)11-6-5-10(19-3)7-12(11)20-4/h5-9,13,15-16H,1-4H3,(H,17,18). The summed E-state index contributed by atoms with van der Waals surface area (Å²) in [5.41, 5.74) is 0.575. The lowest BCUT2D eigenvalue weighted by Crippen LogP contribution is -2.42. The summed E-state index contributed by atoms with van der Waals surface area (Å²) in [5, 5.41) is 22.0. The summed E-state index contributed by atoms with van der Waals surface area (Å²) >= 11 is 0. The van der Waals surface area contributed by atoms with E-state index in [0.29, 0.717) is 17.1 Å². The van der Waals surface area contributed by atoms with Crippen molar-refractivity contribution in [2.45, 2.75) is 32.0 Å². The monoisotopic (exact) mass is 283 g/mol. The summed E-state index contributed by atoms with van der Waals surface area (Å²) < 4.78 is 10.3. The highest BCUT2D eigenvalue weighted by Crippen LogP contribution is 2.31. The highest BCUT2D eigenvalue weighted by molar-refractivity contribution is 5.72. The Bertz CT molecular complexity index is 463. The molecule has 112 valence electrons. The molecule has 0 saturated heterocycles. The Kier molecular flexibility index (Phi) is 5.79. The maximum Gasteiger partial charge on any atom is 0.320 e. The number of methoxy groups -OCH3 is 2. The van der Waals surface area contributed by atoms with E-state index in [4.69, 9.17) is 14.6 Å². The number of aliphatic hydroxyl groups excluding tert-OH is 1. The lowest BCUT2D eigenvalue weighted by molar-refractivity contribution is -0.139. The van der Waals surface area contributed by atoms with Crippen molar-refractivity contribution < 1.29 is 24.5 Å². The van der Waals surface area contributed by atoms with Gasteiger partial charge in [-0.05, 0) is 26.0 Å². The van der Waals surface area contributed by atoms with Crippen molar-refractivity contribution >= 4 is 5.97 Å². The van der Waals surface area contributed by atoms with Gasteiger partial charge in [-0.25, -0.2) is 0 Å². The molecule has 0 fully saturated rings. The minimum Gasteiger partial charge on any atom is -0.497 e. The summed E-state index contributed by atoms with van der Waals surface area (Å²) in [6, 6.07) is 3.90. The van der Waals surface area contributed by atoms with E-state index in [9.17, 15) is 9.90 Å². The number of hydrogen-bond donors (Lipinski definition) is 3. The molecule has 0 bridgehead atoms. The topological polar surface area (TPSA) is 88.0 Å². The van der Waals surface area contributed by atoms with Crippen molar-refractivity contribution in [3.05, 3.63) is 23.8 Å². The van der Waals surface area contributed by atoms with Crippen molar-refractivity contribution in [2.24, 2.45) is 0 Å². The van der Waals surface area contributed by atoms with Gasteiger partial charge in [0.05, 0.1) is 20.3 Å². The van der Waals surface area contributed by atoms with Gasteiger partial charge in [-0.3, -0.25) is 10.1 Å². The number of ether oxygens (including phenoxy) is 2. The zero-order chi connectivity index (χ0) is 15.3. The number of carboxylic acids is 1. The zero-order valence-corrected chi connectivity index (χ0v) is 12.1. The van der Waals surface area contributed by atoms with Gasteiger partial charge in [-0.2, -0.15) is 0 Å². The quantitative estimate of drug-likeness (QED) is 0.696. The van der Waals surface area contributed by atoms with Crippen molar-refractivity contribution in [1.82, 2.24) is 5.32 Å². The third-order valence-electron chi connectivity index (χ3n) is 3.12. The third kappa shape index (κ3) is 3.85. The molecule has 0 aliphatic heterocycles. The smallest absolute Gasteiger partial charge is 0.320 e. The Morgan fingerprint density at radius 2 is 1.90 bits per heavy atom. The summed E-state index contributed by atoms with van der Waals surface area (Å²) in [5.74, 6) is 0.150. The fourth-order valence-corrected chi connectivity index (χ4v) is 1.89. The Hall–Kier alpha value is -1.79. The predicted molar refractivity (Wildman–Crippen MR) is 74.2 cm³/mol. The van der Waals surface area contributed by atoms with Gasteiger partial charge in [0, 0.05) is 17.7 Å². The minimum absolute atomic E-state index is 0.441. The average Bonchev–Trinajstić information content (AvgIpc) is 2.45. The van der Waals surface area contributed by atoms with Gasteiger partial charge in [0.25, 0.3) is 0 Å². The van der Waals surface area contributed by atoms with Crippen LogP contribution in [0.15, 0.2) is 18.2 Å². The van der Waals surface area contributed by atoms with Crippen molar-refractivity contribution in [3.63, 3.8) is 0 Å². The Labute approximate surface area is 118 Å². The van der Waals surface area contributed by atoms with Crippen LogP contribution in [0.4, 0.5) is 0 Å². The molecule has 0 aliphatic rings. The first-order valence-corrected chi connectivity index (χ1v) is 6.29. The third-order valence-corrected chi connectivity index (χ3v) is 3.12. The van der Waals surface area contributed by atoms with Gasteiger partial charge in [0.1, 0.15) is 17.5 Å². The summed E-state index contributed by atoms with van der Waals surface area (Å²) in [4.78, 5) is 10.8. The molecule has 0 amide bonds. The van der Waals surface area contributed by atoms with Crippen LogP contribution in [-0.2, 0) is 4.79 Å². The van der Waals surface area contributed by atoms with Crippen LogP contribution in [0.25, 0.3) is 0 Å². The van der Waals surface area contributed by atoms with Gasteiger partial charge in [-0.1, -0.05) is 0 Å². The van der Waals surface area contributed by atoms with Gasteiger partial charge in [-0.15, -0.1) is 0 Å². The highest BCUT2D eigenvalue weighted by atomic mass is 16.5. The molecular weight excluding hydrogens is 262 g/mol. The van der Waals surface area contributed by atoms with Crippen LogP contribution in [0.2, 0.25) is 0 Å². The van der Waals surface area contributed by atoms with Crippen LogP contribution in [0.5, 0.6) is 11.5 Å². The Morgan fingerprint density at radius 1 is 1.25 bits per heavy atom. The van der Waals surface area contributed by atoms with Crippen LogP contribution in [0, 0.1) is 0 Å². The number of carboxylic acid groups (broad SMARTS) is 1. The molecule has 3 unspecified atom stereocenters. The molecule has 0 radical (unpaired) electrons. The van der Waals surface area contributed by atoms with Crippen molar-refractivity contribution in [2.75, 3.05) is 14.2 Å². The van der Waals surface area contributed by atoms with E-state index in [2.05, 4.69) is 5.32 Å². The normalized spacial score (nSPS) is 15.2. The Morgan fingerprint density at radius 3 is 2.40 bits per heavy atom. The number of rotatable bonds is 7. The van der Waals surface area contributed by atoms with Crippen molar-refractivity contribution in [3.8, 4) is 11.5 Å². The highest BCUT2D eigenvalue weighted by Gasteiger charge is 2.23. The van der Waals surface area contributed by atoms with Crippen LogP contribution >= 0.6 is 0 Å². The number of carbonyl (C=O) groups is 1. The molecule has 0 aliphatic carbocycles. The molecule has 0 saturated carbocycles. The van der Waals surface area contributed by atoms with Crippen molar-refractivity contribution in [1.29, 1.82) is 0 Å². The molecule has 0 aromatic heterocycles. The van der Waals surface area contributed by atoms with E-state index in [1.807, 2.05) is 0 Å². The molecule has 1 rings (SSSR count). The first-order valence-electron chi connectivity index (χ1n) is 6.29. The molecule has 3 N–H and O–H groups in total. The second kappa shape index (κ2) is 7.12. The second-order valence-electron chi connectivity index (χ2n) is 4.57. The zero-order valence-electron chi connectivity index (χ0n) is 12.1. The number of hydrogen-bond acceptors (Lipinski definition) is 5. The van der Waals surface area contributed by atoms with Gasteiger partial charge < -0.3 is 19.7 Å². The minimum atomic E-state index is -0.967. The second-order valence-corrected chi connectivity index (χ2v) is 4.57.